The maximum absolute atomic E-state index is 5.91. The highest BCUT2D eigenvalue weighted by Gasteiger charge is 2.20. The summed E-state index contributed by atoms with van der Waals surface area (Å²) in [6.07, 6.45) is 2.60. The second-order valence-corrected chi connectivity index (χ2v) is 6.43. The maximum atomic E-state index is 5.91. The Bertz CT molecular complexity index is 596. The van der Waals surface area contributed by atoms with Gasteiger partial charge < -0.3 is 10.3 Å². The summed E-state index contributed by atoms with van der Waals surface area (Å²) in [4.78, 5) is 7.39. The van der Waals surface area contributed by atoms with Crippen LogP contribution in [-0.4, -0.2) is 34.1 Å². The van der Waals surface area contributed by atoms with E-state index >= 15 is 0 Å². The molecule has 0 aliphatic carbocycles. The molecule has 4 nitrogen and oxygen atoms in total. The summed E-state index contributed by atoms with van der Waals surface area (Å²) < 4.78 is 2.33. The van der Waals surface area contributed by atoms with E-state index in [2.05, 4.69) is 47.6 Å². The fraction of sp³-hybridized carbons (Fsp3) is 0.588. The van der Waals surface area contributed by atoms with Gasteiger partial charge in [-0.3, -0.25) is 4.90 Å². The third-order valence-electron chi connectivity index (χ3n) is 4.69. The summed E-state index contributed by atoms with van der Waals surface area (Å²) in [5, 5.41) is 0. The molecular formula is C17H26N4. The summed E-state index contributed by atoms with van der Waals surface area (Å²) in [6, 6.07) is 8.67. The number of aromatic nitrogens is 2. The molecule has 114 valence electrons. The van der Waals surface area contributed by atoms with Crippen LogP contribution in [0.2, 0.25) is 0 Å². The zero-order valence-corrected chi connectivity index (χ0v) is 13.1. The van der Waals surface area contributed by atoms with Gasteiger partial charge in [0.25, 0.3) is 0 Å². The topological polar surface area (TPSA) is 47.1 Å². The number of fused-ring (bicyclic) bond motifs is 1. The second-order valence-electron chi connectivity index (χ2n) is 6.43. The van der Waals surface area contributed by atoms with Gasteiger partial charge in [0.15, 0.2) is 0 Å². The highest BCUT2D eigenvalue weighted by Crippen LogP contribution is 2.23. The Balaban J connectivity index is 1.90. The van der Waals surface area contributed by atoms with Gasteiger partial charge in [-0.15, -0.1) is 0 Å². The minimum absolute atomic E-state index is 0.288. The van der Waals surface area contributed by atoms with Crippen LogP contribution in [0.15, 0.2) is 24.3 Å². The van der Waals surface area contributed by atoms with Gasteiger partial charge in [-0.25, -0.2) is 4.98 Å². The number of rotatable bonds is 4. The molecule has 21 heavy (non-hydrogen) atoms. The highest BCUT2D eigenvalue weighted by atomic mass is 15.2. The molecule has 0 radical (unpaired) electrons. The lowest BCUT2D eigenvalue weighted by Gasteiger charge is -2.30. The Morgan fingerprint density at radius 3 is 2.71 bits per heavy atom. The Morgan fingerprint density at radius 1 is 1.29 bits per heavy atom. The summed E-state index contributed by atoms with van der Waals surface area (Å²) in [6.45, 7) is 8.47. The van der Waals surface area contributed by atoms with Gasteiger partial charge in [0.2, 0.25) is 0 Å². The van der Waals surface area contributed by atoms with Crippen LogP contribution in [0, 0.1) is 5.92 Å². The molecule has 3 rings (SSSR count). The van der Waals surface area contributed by atoms with E-state index in [9.17, 15) is 0 Å². The molecule has 1 aromatic carbocycles. The average Bonchev–Trinajstić information content (AvgIpc) is 2.86. The monoisotopic (exact) mass is 286 g/mol. The first-order valence-corrected chi connectivity index (χ1v) is 8.07. The third kappa shape index (κ3) is 2.97. The van der Waals surface area contributed by atoms with Crippen molar-refractivity contribution in [3.05, 3.63) is 30.1 Å². The van der Waals surface area contributed by atoms with E-state index in [1.165, 1.54) is 31.4 Å². The first-order chi connectivity index (χ1) is 10.2. The largest absolute Gasteiger partial charge is 0.328 e. The average molecular weight is 286 g/mol. The van der Waals surface area contributed by atoms with Crippen molar-refractivity contribution in [3.63, 3.8) is 0 Å². The summed E-state index contributed by atoms with van der Waals surface area (Å²) in [5.74, 6) is 2.02. The quantitative estimate of drug-likeness (QED) is 0.940. The van der Waals surface area contributed by atoms with Crippen molar-refractivity contribution in [2.24, 2.45) is 11.7 Å². The van der Waals surface area contributed by atoms with E-state index < -0.39 is 0 Å². The number of benzene rings is 1. The number of likely N-dealkylation sites (tertiary alicyclic amines) is 1. The summed E-state index contributed by atoms with van der Waals surface area (Å²) >= 11 is 0. The molecule has 0 amide bonds. The molecule has 0 spiro atoms. The number of hydrogen-bond donors (Lipinski definition) is 1. The number of nitrogens with zero attached hydrogens (tertiary/aromatic N) is 3. The smallest absolute Gasteiger partial charge is 0.124 e. The molecule has 0 saturated carbocycles. The molecule has 1 aliphatic heterocycles. The van der Waals surface area contributed by atoms with E-state index in [4.69, 9.17) is 10.7 Å². The summed E-state index contributed by atoms with van der Waals surface area (Å²) in [5.41, 5.74) is 8.20. The molecule has 1 fully saturated rings. The molecule has 1 aromatic heterocycles. The third-order valence-corrected chi connectivity index (χ3v) is 4.69. The number of para-hydroxylation sites is 2. The number of piperidine rings is 1. The second kappa shape index (κ2) is 6.16. The van der Waals surface area contributed by atoms with Gasteiger partial charge in [-0.2, -0.15) is 0 Å². The van der Waals surface area contributed by atoms with Crippen molar-refractivity contribution in [2.45, 2.75) is 39.3 Å². The summed E-state index contributed by atoms with van der Waals surface area (Å²) in [7, 11) is 0. The number of hydrogen-bond acceptors (Lipinski definition) is 3. The lowest BCUT2D eigenvalue weighted by molar-refractivity contribution is 0.179. The Morgan fingerprint density at radius 2 is 2.00 bits per heavy atom. The van der Waals surface area contributed by atoms with Crippen molar-refractivity contribution in [2.75, 3.05) is 19.6 Å². The first-order valence-electron chi connectivity index (χ1n) is 8.07. The van der Waals surface area contributed by atoms with Crippen LogP contribution in [0.3, 0.4) is 0 Å². The van der Waals surface area contributed by atoms with Crippen molar-refractivity contribution < 1.29 is 0 Å². The van der Waals surface area contributed by atoms with Crippen molar-refractivity contribution in [1.82, 2.24) is 14.5 Å². The molecule has 1 atom stereocenters. The van der Waals surface area contributed by atoms with Crippen molar-refractivity contribution >= 4 is 11.0 Å². The lowest BCUT2D eigenvalue weighted by Crippen LogP contribution is -2.33. The molecular weight excluding hydrogens is 260 g/mol. The van der Waals surface area contributed by atoms with E-state index in [1.54, 1.807) is 0 Å². The van der Waals surface area contributed by atoms with Crippen LogP contribution in [-0.2, 0) is 6.54 Å². The van der Waals surface area contributed by atoms with Gasteiger partial charge in [-0.05, 0) is 50.9 Å². The van der Waals surface area contributed by atoms with Gasteiger partial charge >= 0.3 is 0 Å². The van der Waals surface area contributed by atoms with Gasteiger partial charge in [0.1, 0.15) is 5.82 Å². The fourth-order valence-corrected chi connectivity index (χ4v) is 3.22. The minimum atomic E-state index is 0.288. The number of imidazole rings is 1. The van der Waals surface area contributed by atoms with E-state index in [0.717, 1.165) is 23.8 Å². The standard InChI is InChI=1S/C17H26N4/c1-13-7-9-20(10-8-13)12-17-19-15-5-3-4-6-16(15)21(17)14(2)11-18/h3-6,13-14H,7-12,18H2,1-2H3. The lowest BCUT2D eigenvalue weighted by atomic mass is 9.99. The zero-order chi connectivity index (χ0) is 14.8. The zero-order valence-electron chi connectivity index (χ0n) is 13.1. The molecule has 1 unspecified atom stereocenters. The predicted molar refractivity (Wildman–Crippen MR) is 87.2 cm³/mol. The molecule has 1 saturated heterocycles. The highest BCUT2D eigenvalue weighted by molar-refractivity contribution is 5.76. The van der Waals surface area contributed by atoms with Gasteiger partial charge in [-0.1, -0.05) is 19.1 Å². The fourth-order valence-electron chi connectivity index (χ4n) is 3.22. The molecule has 2 N–H and O–H groups in total. The van der Waals surface area contributed by atoms with E-state index in [0.29, 0.717) is 6.54 Å². The van der Waals surface area contributed by atoms with Crippen LogP contribution >= 0.6 is 0 Å². The SMILES string of the molecule is CC1CCN(Cc2nc3ccccc3n2C(C)CN)CC1. The van der Waals surface area contributed by atoms with Crippen LogP contribution in [0.5, 0.6) is 0 Å². The van der Waals surface area contributed by atoms with Crippen LogP contribution < -0.4 is 5.73 Å². The normalized spacial score (nSPS) is 19.2. The minimum Gasteiger partial charge on any atom is -0.328 e. The molecule has 4 heteroatoms. The van der Waals surface area contributed by atoms with Crippen molar-refractivity contribution in [1.29, 1.82) is 0 Å². The Labute approximate surface area is 126 Å². The molecule has 1 aliphatic rings. The van der Waals surface area contributed by atoms with Crippen LogP contribution in [0.1, 0.15) is 38.6 Å². The van der Waals surface area contributed by atoms with Gasteiger partial charge in [0, 0.05) is 12.6 Å². The van der Waals surface area contributed by atoms with E-state index in [-0.39, 0.29) is 6.04 Å². The maximum Gasteiger partial charge on any atom is 0.124 e. The van der Waals surface area contributed by atoms with Crippen LogP contribution in [0.25, 0.3) is 11.0 Å². The Kier molecular flexibility index (Phi) is 4.27. The predicted octanol–water partition coefficient (Wildman–Crippen LogP) is 2.79. The molecule has 0 bridgehead atoms. The Hall–Kier alpha value is -1.39. The van der Waals surface area contributed by atoms with Crippen LogP contribution in [0.4, 0.5) is 0 Å². The molecule has 2 heterocycles. The first kappa shape index (κ1) is 14.5. The van der Waals surface area contributed by atoms with Gasteiger partial charge in [0.05, 0.1) is 17.6 Å². The van der Waals surface area contributed by atoms with Crippen molar-refractivity contribution in [3.8, 4) is 0 Å². The van der Waals surface area contributed by atoms with E-state index in [1.807, 2.05) is 0 Å². The number of nitrogens with two attached hydrogens (primary N) is 1. The molecule has 2 aromatic rings.